The van der Waals surface area contributed by atoms with Crippen LogP contribution < -0.4 is 0 Å². The zero-order chi connectivity index (χ0) is 12.7. The molecule has 1 saturated carbocycles. The number of carbonyl (C=O) groups is 1. The highest BCUT2D eigenvalue weighted by atomic mass is 19.1. The van der Waals surface area contributed by atoms with Crippen LogP contribution in [0, 0.1) is 11.7 Å². The van der Waals surface area contributed by atoms with Crippen LogP contribution in [-0.2, 0) is 4.79 Å². The molecule has 0 spiro atoms. The molecular formula is C13H12FNO3. The van der Waals surface area contributed by atoms with E-state index in [4.69, 9.17) is 9.52 Å². The molecule has 0 amide bonds. The second kappa shape index (κ2) is 4.08. The first kappa shape index (κ1) is 11.2. The number of aliphatic carboxylic acids is 1. The summed E-state index contributed by atoms with van der Waals surface area (Å²) >= 11 is 0. The highest BCUT2D eigenvalue weighted by Crippen LogP contribution is 2.40. The van der Waals surface area contributed by atoms with Gasteiger partial charge in [0.05, 0.1) is 5.92 Å². The zero-order valence-corrected chi connectivity index (χ0v) is 9.60. The van der Waals surface area contributed by atoms with E-state index in [0.29, 0.717) is 23.4 Å². The van der Waals surface area contributed by atoms with Gasteiger partial charge >= 0.3 is 5.97 Å². The van der Waals surface area contributed by atoms with E-state index in [1.54, 1.807) is 6.07 Å². The monoisotopic (exact) mass is 249 g/mol. The Bertz CT molecular complexity index is 607. The van der Waals surface area contributed by atoms with Gasteiger partial charge in [0.1, 0.15) is 11.3 Å². The van der Waals surface area contributed by atoms with E-state index in [2.05, 4.69) is 4.98 Å². The van der Waals surface area contributed by atoms with Gasteiger partial charge in [0.15, 0.2) is 11.5 Å². The largest absolute Gasteiger partial charge is 0.481 e. The van der Waals surface area contributed by atoms with Crippen molar-refractivity contribution in [2.75, 3.05) is 0 Å². The number of rotatable bonds is 2. The summed E-state index contributed by atoms with van der Waals surface area (Å²) in [6.07, 6.45) is 2.26. The summed E-state index contributed by atoms with van der Waals surface area (Å²) in [5.41, 5.74) is 0.948. The van der Waals surface area contributed by atoms with Crippen molar-refractivity contribution in [2.24, 2.45) is 5.92 Å². The van der Waals surface area contributed by atoms with Gasteiger partial charge < -0.3 is 9.52 Å². The molecule has 1 fully saturated rings. The van der Waals surface area contributed by atoms with Crippen molar-refractivity contribution in [1.29, 1.82) is 0 Å². The fourth-order valence-electron chi connectivity index (χ4n) is 2.63. The number of nitrogens with zero attached hydrogens (tertiary/aromatic N) is 1. The molecule has 4 nitrogen and oxygen atoms in total. The van der Waals surface area contributed by atoms with E-state index in [-0.39, 0.29) is 11.7 Å². The summed E-state index contributed by atoms with van der Waals surface area (Å²) < 4.78 is 18.5. The van der Waals surface area contributed by atoms with Crippen LogP contribution in [-0.4, -0.2) is 16.1 Å². The number of carboxylic acid groups (broad SMARTS) is 1. The summed E-state index contributed by atoms with van der Waals surface area (Å²) in [5.74, 6) is -1.42. The van der Waals surface area contributed by atoms with Gasteiger partial charge in [0, 0.05) is 12.0 Å². The highest BCUT2D eigenvalue weighted by Gasteiger charge is 2.37. The van der Waals surface area contributed by atoms with Crippen molar-refractivity contribution in [2.45, 2.75) is 25.2 Å². The van der Waals surface area contributed by atoms with Gasteiger partial charge in [-0.1, -0.05) is 6.42 Å². The number of carboxylic acids is 1. The maximum Gasteiger partial charge on any atom is 0.307 e. The maximum absolute atomic E-state index is 13.0. The van der Waals surface area contributed by atoms with Gasteiger partial charge in [0.2, 0.25) is 0 Å². The van der Waals surface area contributed by atoms with Crippen LogP contribution in [0.15, 0.2) is 22.6 Å². The first-order valence-corrected chi connectivity index (χ1v) is 5.94. The third-order valence-electron chi connectivity index (χ3n) is 3.52. The highest BCUT2D eigenvalue weighted by molar-refractivity contribution is 5.74. The average Bonchev–Trinajstić information content (AvgIpc) is 2.93. The van der Waals surface area contributed by atoms with E-state index in [1.807, 2.05) is 0 Å². The molecule has 3 rings (SSSR count). The molecule has 0 aliphatic heterocycles. The molecule has 0 saturated heterocycles. The van der Waals surface area contributed by atoms with Crippen LogP contribution in [0.1, 0.15) is 31.1 Å². The number of aromatic nitrogens is 1. The van der Waals surface area contributed by atoms with Gasteiger partial charge in [-0.3, -0.25) is 4.79 Å². The average molecular weight is 249 g/mol. The molecule has 94 valence electrons. The SMILES string of the molecule is O=C(O)C1CCCC1c1nc2ccc(F)cc2o1. The van der Waals surface area contributed by atoms with Gasteiger partial charge in [-0.25, -0.2) is 9.37 Å². The number of oxazole rings is 1. The smallest absolute Gasteiger partial charge is 0.307 e. The number of benzene rings is 1. The van der Waals surface area contributed by atoms with Crippen molar-refractivity contribution >= 4 is 17.1 Å². The number of fused-ring (bicyclic) bond motifs is 1. The lowest BCUT2D eigenvalue weighted by Gasteiger charge is -2.10. The molecule has 1 heterocycles. The Morgan fingerprint density at radius 1 is 1.44 bits per heavy atom. The maximum atomic E-state index is 13.0. The van der Waals surface area contributed by atoms with E-state index < -0.39 is 11.9 Å². The molecule has 2 unspecified atom stereocenters. The molecule has 0 bridgehead atoms. The lowest BCUT2D eigenvalue weighted by atomic mass is 9.96. The quantitative estimate of drug-likeness (QED) is 0.888. The topological polar surface area (TPSA) is 63.3 Å². The summed E-state index contributed by atoms with van der Waals surface area (Å²) in [4.78, 5) is 15.4. The van der Waals surface area contributed by atoms with E-state index in [1.165, 1.54) is 12.1 Å². The van der Waals surface area contributed by atoms with Gasteiger partial charge in [-0.05, 0) is 25.0 Å². The van der Waals surface area contributed by atoms with E-state index in [0.717, 1.165) is 12.8 Å². The molecule has 5 heteroatoms. The molecule has 2 aromatic rings. The Labute approximate surface area is 102 Å². The summed E-state index contributed by atoms with van der Waals surface area (Å²) in [7, 11) is 0. The lowest BCUT2D eigenvalue weighted by molar-refractivity contribution is -0.142. The van der Waals surface area contributed by atoms with Crippen LogP contribution >= 0.6 is 0 Å². The van der Waals surface area contributed by atoms with Crippen molar-refractivity contribution < 1.29 is 18.7 Å². The van der Waals surface area contributed by atoms with Crippen LogP contribution in [0.25, 0.3) is 11.1 Å². The normalized spacial score (nSPS) is 23.6. The molecule has 18 heavy (non-hydrogen) atoms. The number of hydrogen-bond donors (Lipinski definition) is 1. The van der Waals surface area contributed by atoms with E-state index in [9.17, 15) is 9.18 Å². The van der Waals surface area contributed by atoms with Crippen LogP contribution in [0.3, 0.4) is 0 Å². The minimum atomic E-state index is -0.814. The minimum Gasteiger partial charge on any atom is -0.481 e. The Kier molecular flexibility index (Phi) is 2.54. The Morgan fingerprint density at radius 3 is 3.06 bits per heavy atom. The Balaban J connectivity index is 2.01. The van der Waals surface area contributed by atoms with Crippen LogP contribution in [0.5, 0.6) is 0 Å². The fraction of sp³-hybridized carbons (Fsp3) is 0.385. The number of hydrogen-bond acceptors (Lipinski definition) is 3. The van der Waals surface area contributed by atoms with Gasteiger partial charge in [0.25, 0.3) is 0 Å². The van der Waals surface area contributed by atoms with Crippen molar-refractivity contribution in [3.63, 3.8) is 0 Å². The molecule has 1 N–H and O–H groups in total. The zero-order valence-electron chi connectivity index (χ0n) is 9.60. The third-order valence-corrected chi connectivity index (χ3v) is 3.52. The minimum absolute atomic E-state index is 0.196. The van der Waals surface area contributed by atoms with Gasteiger partial charge in [-0.15, -0.1) is 0 Å². The van der Waals surface area contributed by atoms with Crippen LogP contribution in [0.4, 0.5) is 4.39 Å². The number of halogens is 1. The predicted octanol–water partition coefficient (Wildman–Crippen LogP) is 2.94. The molecule has 1 aromatic carbocycles. The lowest BCUT2D eigenvalue weighted by Crippen LogP contribution is -2.16. The first-order chi connectivity index (χ1) is 8.65. The molecule has 2 atom stereocenters. The Hall–Kier alpha value is -1.91. The molecule has 1 aliphatic carbocycles. The summed E-state index contributed by atoms with van der Waals surface area (Å²) in [5, 5.41) is 9.13. The van der Waals surface area contributed by atoms with Crippen molar-refractivity contribution in [3.8, 4) is 0 Å². The molecule has 1 aliphatic rings. The molecular weight excluding hydrogens is 237 g/mol. The standard InChI is InChI=1S/C13H12FNO3/c14-7-4-5-10-11(6-7)18-12(15-10)8-2-1-3-9(8)13(16)17/h4-6,8-9H,1-3H2,(H,16,17). The van der Waals surface area contributed by atoms with Crippen LogP contribution in [0.2, 0.25) is 0 Å². The third kappa shape index (κ3) is 1.75. The van der Waals surface area contributed by atoms with Crippen molar-refractivity contribution in [3.05, 3.63) is 29.9 Å². The predicted molar refractivity (Wildman–Crippen MR) is 61.7 cm³/mol. The molecule has 0 radical (unpaired) electrons. The second-order valence-electron chi connectivity index (χ2n) is 4.65. The summed E-state index contributed by atoms with van der Waals surface area (Å²) in [6, 6.07) is 4.14. The summed E-state index contributed by atoms with van der Waals surface area (Å²) in [6.45, 7) is 0. The van der Waals surface area contributed by atoms with Gasteiger partial charge in [-0.2, -0.15) is 0 Å². The molecule has 1 aromatic heterocycles. The van der Waals surface area contributed by atoms with E-state index >= 15 is 0 Å². The second-order valence-corrected chi connectivity index (χ2v) is 4.65. The van der Waals surface area contributed by atoms with Crippen molar-refractivity contribution in [1.82, 2.24) is 4.98 Å². The first-order valence-electron chi connectivity index (χ1n) is 5.94. The Morgan fingerprint density at radius 2 is 2.28 bits per heavy atom. The fourth-order valence-corrected chi connectivity index (χ4v) is 2.63.